The van der Waals surface area contributed by atoms with E-state index in [1.54, 1.807) is 60.7 Å². The summed E-state index contributed by atoms with van der Waals surface area (Å²) in [5.41, 5.74) is 2.11. The molecule has 0 bridgehead atoms. The van der Waals surface area contributed by atoms with Crippen molar-refractivity contribution in [2.75, 3.05) is 0 Å². The Kier molecular flexibility index (Phi) is 8.05. The van der Waals surface area contributed by atoms with Crippen molar-refractivity contribution >= 4 is 17.7 Å². The SMILES string of the molecule is O=C(OOC(=O)c1ccccc1)c1ccccc1.O=C(c1ccccc1)c1ccccc1. The van der Waals surface area contributed by atoms with Crippen LogP contribution >= 0.6 is 0 Å². The number of hydrogen-bond acceptors (Lipinski definition) is 5. The van der Waals surface area contributed by atoms with E-state index >= 15 is 0 Å². The van der Waals surface area contributed by atoms with Crippen molar-refractivity contribution in [3.63, 3.8) is 0 Å². The lowest BCUT2D eigenvalue weighted by molar-refractivity contribution is -0.187. The van der Waals surface area contributed by atoms with Crippen LogP contribution in [0.25, 0.3) is 0 Å². The van der Waals surface area contributed by atoms with Crippen molar-refractivity contribution in [1.82, 2.24) is 0 Å². The highest BCUT2D eigenvalue weighted by Crippen LogP contribution is 2.08. The monoisotopic (exact) mass is 424 g/mol. The summed E-state index contributed by atoms with van der Waals surface area (Å²) in [6.45, 7) is 0. The Hall–Kier alpha value is -4.51. The summed E-state index contributed by atoms with van der Waals surface area (Å²) in [5, 5.41) is 0. The van der Waals surface area contributed by atoms with Crippen molar-refractivity contribution < 1.29 is 24.2 Å². The predicted molar refractivity (Wildman–Crippen MR) is 120 cm³/mol. The van der Waals surface area contributed by atoms with Crippen molar-refractivity contribution in [1.29, 1.82) is 0 Å². The zero-order chi connectivity index (χ0) is 22.6. The molecule has 4 aromatic carbocycles. The number of hydrogen-bond donors (Lipinski definition) is 0. The molecule has 32 heavy (non-hydrogen) atoms. The van der Waals surface area contributed by atoms with Gasteiger partial charge < -0.3 is 0 Å². The van der Waals surface area contributed by atoms with Crippen LogP contribution in [-0.2, 0) is 9.78 Å². The van der Waals surface area contributed by atoms with Crippen LogP contribution in [0.5, 0.6) is 0 Å². The Balaban J connectivity index is 0.000000186. The molecule has 4 rings (SSSR count). The van der Waals surface area contributed by atoms with Crippen LogP contribution in [0.2, 0.25) is 0 Å². The smallest absolute Gasteiger partial charge is 0.289 e. The summed E-state index contributed by atoms with van der Waals surface area (Å²) in [6, 6.07) is 35.2. The number of ketones is 1. The molecule has 0 aliphatic rings. The minimum absolute atomic E-state index is 0.0752. The first-order chi connectivity index (χ1) is 15.6. The molecule has 0 atom stereocenters. The first-order valence-electron chi connectivity index (χ1n) is 9.83. The molecule has 0 amide bonds. The average molecular weight is 424 g/mol. The van der Waals surface area contributed by atoms with Crippen LogP contribution < -0.4 is 0 Å². The fourth-order valence-electron chi connectivity index (χ4n) is 2.67. The molecule has 0 N–H and O–H groups in total. The maximum Gasteiger partial charge on any atom is 0.386 e. The second kappa shape index (κ2) is 11.6. The van der Waals surface area contributed by atoms with Gasteiger partial charge in [-0.1, -0.05) is 97.1 Å². The highest BCUT2D eigenvalue weighted by atomic mass is 17.2. The molecule has 0 saturated carbocycles. The molecule has 0 aromatic heterocycles. The summed E-state index contributed by atoms with van der Waals surface area (Å²) in [4.78, 5) is 43.7. The molecule has 0 radical (unpaired) electrons. The van der Waals surface area contributed by atoms with Crippen LogP contribution in [-0.4, -0.2) is 17.7 Å². The lowest BCUT2D eigenvalue weighted by Crippen LogP contribution is -2.11. The van der Waals surface area contributed by atoms with Crippen LogP contribution in [0.1, 0.15) is 36.6 Å². The van der Waals surface area contributed by atoms with Gasteiger partial charge in [0.15, 0.2) is 5.78 Å². The zero-order valence-electron chi connectivity index (χ0n) is 17.1. The van der Waals surface area contributed by atoms with Gasteiger partial charge in [-0.3, -0.25) is 4.79 Å². The van der Waals surface area contributed by atoms with E-state index in [0.717, 1.165) is 11.1 Å². The second-order valence-electron chi connectivity index (χ2n) is 6.53. The average Bonchev–Trinajstić information content (AvgIpc) is 2.89. The van der Waals surface area contributed by atoms with Gasteiger partial charge in [-0.2, -0.15) is 0 Å². The fraction of sp³-hybridized carbons (Fsp3) is 0. The highest BCUT2D eigenvalue weighted by Gasteiger charge is 2.13. The third-order valence-electron chi connectivity index (χ3n) is 4.28. The van der Waals surface area contributed by atoms with E-state index in [2.05, 4.69) is 9.78 Å². The van der Waals surface area contributed by atoms with Gasteiger partial charge in [-0.15, -0.1) is 0 Å². The van der Waals surface area contributed by atoms with Crippen molar-refractivity contribution in [3.05, 3.63) is 144 Å². The molecule has 5 nitrogen and oxygen atoms in total. The number of benzene rings is 4. The Labute approximate surface area is 185 Å². The fourth-order valence-corrected chi connectivity index (χ4v) is 2.67. The van der Waals surface area contributed by atoms with Gasteiger partial charge in [-0.25, -0.2) is 19.4 Å². The lowest BCUT2D eigenvalue weighted by atomic mass is 10.0. The Morgan fingerprint density at radius 3 is 0.906 bits per heavy atom. The van der Waals surface area contributed by atoms with E-state index < -0.39 is 11.9 Å². The first kappa shape index (κ1) is 22.2. The molecule has 0 heterocycles. The van der Waals surface area contributed by atoms with E-state index in [1.807, 2.05) is 60.7 Å². The minimum atomic E-state index is -0.708. The zero-order valence-corrected chi connectivity index (χ0v) is 17.1. The van der Waals surface area contributed by atoms with Gasteiger partial charge in [0.2, 0.25) is 0 Å². The van der Waals surface area contributed by atoms with Gasteiger partial charge >= 0.3 is 11.9 Å². The van der Waals surface area contributed by atoms with Gasteiger partial charge in [-0.05, 0) is 24.3 Å². The van der Waals surface area contributed by atoms with E-state index in [-0.39, 0.29) is 5.78 Å². The normalized spacial score (nSPS) is 9.62. The minimum Gasteiger partial charge on any atom is -0.289 e. The molecule has 0 saturated heterocycles. The van der Waals surface area contributed by atoms with Crippen LogP contribution in [0.15, 0.2) is 121 Å². The molecule has 0 spiro atoms. The summed E-state index contributed by atoms with van der Waals surface area (Å²) in [7, 11) is 0. The Morgan fingerprint density at radius 2 is 0.625 bits per heavy atom. The van der Waals surface area contributed by atoms with E-state index in [0.29, 0.717) is 11.1 Å². The predicted octanol–water partition coefficient (Wildman–Crippen LogP) is 5.53. The maximum atomic E-state index is 11.8. The molecule has 0 aliphatic heterocycles. The number of carbonyl (C=O) groups excluding carboxylic acids is 3. The quantitative estimate of drug-likeness (QED) is 0.245. The van der Waals surface area contributed by atoms with Crippen molar-refractivity contribution in [2.24, 2.45) is 0 Å². The molecule has 5 heteroatoms. The molecule has 0 unspecified atom stereocenters. The maximum absolute atomic E-state index is 11.8. The van der Waals surface area contributed by atoms with E-state index in [1.165, 1.54) is 0 Å². The van der Waals surface area contributed by atoms with Crippen LogP contribution in [0.3, 0.4) is 0 Å². The van der Waals surface area contributed by atoms with Gasteiger partial charge in [0.1, 0.15) is 0 Å². The van der Waals surface area contributed by atoms with Gasteiger partial charge in [0, 0.05) is 11.1 Å². The summed E-state index contributed by atoms with van der Waals surface area (Å²) in [6.07, 6.45) is 0. The van der Waals surface area contributed by atoms with Crippen molar-refractivity contribution in [2.45, 2.75) is 0 Å². The Bertz CT molecular complexity index is 1050. The van der Waals surface area contributed by atoms with Crippen LogP contribution in [0.4, 0.5) is 0 Å². The van der Waals surface area contributed by atoms with Gasteiger partial charge in [0.05, 0.1) is 11.1 Å². The van der Waals surface area contributed by atoms with E-state index in [4.69, 9.17) is 0 Å². The van der Waals surface area contributed by atoms with E-state index in [9.17, 15) is 14.4 Å². The summed E-state index contributed by atoms with van der Waals surface area (Å²) < 4.78 is 0. The summed E-state index contributed by atoms with van der Waals surface area (Å²) >= 11 is 0. The van der Waals surface area contributed by atoms with Crippen LogP contribution in [0, 0.1) is 0 Å². The standard InChI is InChI=1S/C14H10O4.C13H10O/c15-13(11-7-3-1-4-8-11)17-18-14(16)12-9-5-2-6-10-12;14-13(11-7-3-1-4-8-11)12-9-5-2-6-10-12/h1-10H;1-10H. The molecular formula is C27H20O5. The third-order valence-corrected chi connectivity index (χ3v) is 4.28. The molecule has 0 aliphatic carbocycles. The third kappa shape index (κ3) is 6.50. The molecular weight excluding hydrogens is 404 g/mol. The number of carbonyl (C=O) groups is 3. The van der Waals surface area contributed by atoms with Crippen molar-refractivity contribution in [3.8, 4) is 0 Å². The first-order valence-corrected chi connectivity index (χ1v) is 9.83. The second-order valence-corrected chi connectivity index (χ2v) is 6.53. The highest BCUT2D eigenvalue weighted by molar-refractivity contribution is 6.08. The Morgan fingerprint density at radius 1 is 0.375 bits per heavy atom. The van der Waals surface area contributed by atoms with Gasteiger partial charge in [0.25, 0.3) is 0 Å². The molecule has 0 fully saturated rings. The molecule has 4 aromatic rings. The molecule has 158 valence electrons. The largest absolute Gasteiger partial charge is 0.386 e. The topological polar surface area (TPSA) is 69.7 Å². The summed E-state index contributed by atoms with van der Waals surface area (Å²) in [5.74, 6) is -1.34. The lowest BCUT2D eigenvalue weighted by Gasteiger charge is -2.02. The number of rotatable bonds is 4.